The van der Waals surface area contributed by atoms with Crippen molar-refractivity contribution >= 4 is 17.3 Å². The fourth-order valence-corrected chi connectivity index (χ4v) is 4.44. The second-order valence-corrected chi connectivity index (χ2v) is 8.67. The van der Waals surface area contributed by atoms with E-state index in [1.54, 1.807) is 14.2 Å². The lowest BCUT2D eigenvalue weighted by molar-refractivity contribution is -0.118. The molecule has 0 aromatic heterocycles. The molecule has 0 radical (unpaired) electrons. The number of ether oxygens (including phenoxy) is 2. The Kier molecular flexibility index (Phi) is 5.61. The highest BCUT2D eigenvalue weighted by atomic mass is 16.5. The summed E-state index contributed by atoms with van der Waals surface area (Å²) in [5.41, 5.74) is 6.01. The third-order valence-corrected chi connectivity index (χ3v) is 6.49. The van der Waals surface area contributed by atoms with Gasteiger partial charge in [0.05, 0.1) is 25.3 Å². The van der Waals surface area contributed by atoms with Gasteiger partial charge in [0, 0.05) is 11.3 Å². The molecule has 0 spiro atoms. The third kappa shape index (κ3) is 3.94. The van der Waals surface area contributed by atoms with Crippen molar-refractivity contribution in [2.24, 2.45) is 15.4 Å². The van der Waals surface area contributed by atoms with Gasteiger partial charge in [0.2, 0.25) is 5.91 Å². The molecule has 1 amide bonds. The number of amides is 1. The van der Waals surface area contributed by atoms with Gasteiger partial charge in [-0.1, -0.05) is 42.0 Å². The van der Waals surface area contributed by atoms with E-state index in [1.807, 2.05) is 48.5 Å². The molecule has 1 saturated carbocycles. The van der Waals surface area contributed by atoms with E-state index in [0.717, 1.165) is 52.1 Å². The Morgan fingerprint density at radius 3 is 2.44 bits per heavy atom. The highest BCUT2D eigenvalue weighted by Crippen LogP contribution is 2.49. The molecular weight excluding hydrogens is 428 g/mol. The van der Waals surface area contributed by atoms with Gasteiger partial charge in [-0.3, -0.25) is 4.79 Å². The first-order chi connectivity index (χ1) is 16.5. The molecule has 1 N–H and O–H groups in total. The Bertz CT molecular complexity index is 1330. The van der Waals surface area contributed by atoms with Gasteiger partial charge < -0.3 is 14.8 Å². The Morgan fingerprint density at radius 1 is 0.941 bits per heavy atom. The number of carbonyl (C=O) groups excluding carboxylic acids is 1. The van der Waals surface area contributed by atoms with Crippen LogP contribution in [0, 0.1) is 6.92 Å². The molecule has 0 atom stereocenters. The lowest BCUT2D eigenvalue weighted by Crippen LogP contribution is -2.28. The van der Waals surface area contributed by atoms with Crippen molar-refractivity contribution in [3.63, 3.8) is 0 Å². The van der Waals surface area contributed by atoms with Crippen molar-refractivity contribution in [3.05, 3.63) is 77.4 Å². The fraction of sp³-hybridized carbons (Fsp3) is 0.259. The number of hydrogen-bond acceptors (Lipinski definition) is 6. The van der Waals surface area contributed by atoms with Gasteiger partial charge in [-0.2, -0.15) is 5.11 Å². The minimum absolute atomic E-state index is 0.0191. The van der Waals surface area contributed by atoms with E-state index >= 15 is 0 Å². The molecule has 7 nitrogen and oxygen atoms in total. The molecule has 1 aliphatic heterocycles. The summed E-state index contributed by atoms with van der Waals surface area (Å²) in [4.78, 5) is 13.3. The number of nitrogens with zero attached hydrogens (tertiary/aromatic N) is 3. The number of nitrogens with one attached hydrogen (secondary N) is 1. The van der Waals surface area contributed by atoms with E-state index in [4.69, 9.17) is 9.47 Å². The standard InChI is InChI=1S/C27H26N4O3/c1-17-5-4-6-19(13-17)27(11-12-27)26(32)29-20-8-9-21(22(15-20)23-16-28-31-30-23)18-7-10-24(33-2)25(14-18)34-3/h4-10,13-15H,11-12,16H2,1-3H3,(H,29,32). The Labute approximate surface area is 198 Å². The zero-order valence-electron chi connectivity index (χ0n) is 19.5. The largest absolute Gasteiger partial charge is 0.493 e. The van der Waals surface area contributed by atoms with Crippen LogP contribution in [0.2, 0.25) is 0 Å². The summed E-state index contributed by atoms with van der Waals surface area (Å²) in [5, 5.41) is 15.2. The number of rotatable bonds is 7. The molecule has 0 saturated heterocycles. The Morgan fingerprint density at radius 2 is 1.76 bits per heavy atom. The first-order valence-electron chi connectivity index (χ1n) is 11.2. The lowest BCUT2D eigenvalue weighted by Gasteiger charge is -2.18. The second-order valence-electron chi connectivity index (χ2n) is 8.67. The molecule has 5 rings (SSSR count). The van der Waals surface area contributed by atoms with Crippen molar-refractivity contribution in [3.8, 4) is 22.6 Å². The van der Waals surface area contributed by atoms with Crippen LogP contribution >= 0.6 is 0 Å². The molecule has 1 fully saturated rings. The molecular formula is C27H26N4O3. The molecule has 3 aromatic carbocycles. The predicted octanol–water partition coefficient (Wildman–Crippen LogP) is 5.52. The average Bonchev–Trinajstić information content (AvgIpc) is 3.50. The van der Waals surface area contributed by atoms with Crippen LogP contribution in [0.15, 0.2) is 76.1 Å². The summed E-state index contributed by atoms with van der Waals surface area (Å²) >= 11 is 0. The maximum absolute atomic E-state index is 13.3. The smallest absolute Gasteiger partial charge is 0.235 e. The third-order valence-electron chi connectivity index (χ3n) is 6.49. The van der Waals surface area contributed by atoms with Crippen LogP contribution in [0.3, 0.4) is 0 Å². The van der Waals surface area contributed by atoms with E-state index < -0.39 is 5.41 Å². The Balaban J connectivity index is 1.48. The molecule has 0 unspecified atom stereocenters. The minimum atomic E-state index is -0.455. The first-order valence-corrected chi connectivity index (χ1v) is 11.2. The Hall–Kier alpha value is -4.00. The normalized spacial score (nSPS) is 15.6. The molecule has 7 heteroatoms. The van der Waals surface area contributed by atoms with Crippen LogP contribution in [0.4, 0.5) is 5.69 Å². The van der Waals surface area contributed by atoms with Crippen LogP contribution in [0.25, 0.3) is 11.1 Å². The van der Waals surface area contributed by atoms with Crippen LogP contribution in [-0.4, -0.2) is 32.4 Å². The van der Waals surface area contributed by atoms with Gasteiger partial charge in [0.1, 0.15) is 6.54 Å². The fourth-order valence-electron chi connectivity index (χ4n) is 4.44. The number of anilines is 1. The average molecular weight is 455 g/mol. The summed E-state index contributed by atoms with van der Waals surface area (Å²) in [6, 6.07) is 19.8. The van der Waals surface area contributed by atoms with Crippen molar-refractivity contribution in [1.29, 1.82) is 0 Å². The maximum Gasteiger partial charge on any atom is 0.235 e. The molecule has 1 heterocycles. The SMILES string of the molecule is COc1ccc(-c2ccc(NC(=O)C3(c4cccc(C)c4)CC3)cc2C2=NN=NC2)cc1OC. The quantitative estimate of drug-likeness (QED) is 0.510. The minimum Gasteiger partial charge on any atom is -0.493 e. The molecule has 1 aliphatic carbocycles. The monoisotopic (exact) mass is 454 g/mol. The summed E-state index contributed by atoms with van der Waals surface area (Å²) in [6.07, 6.45) is 1.70. The lowest BCUT2D eigenvalue weighted by atomic mass is 9.93. The summed E-state index contributed by atoms with van der Waals surface area (Å²) < 4.78 is 10.9. The second kappa shape index (κ2) is 8.74. The highest BCUT2D eigenvalue weighted by Gasteiger charge is 2.51. The zero-order valence-corrected chi connectivity index (χ0v) is 19.5. The van der Waals surface area contributed by atoms with Crippen molar-refractivity contribution in [1.82, 2.24) is 0 Å². The van der Waals surface area contributed by atoms with Crippen molar-refractivity contribution < 1.29 is 14.3 Å². The predicted molar refractivity (Wildman–Crippen MR) is 132 cm³/mol. The van der Waals surface area contributed by atoms with Gasteiger partial charge in [-0.05, 0) is 65.9 Å². The number of methoxy groups -OCH3 is 2. The van der Waals surface area contributed by atoms with Crippen LogP contribution in [0.1, 0.15) is 29.5 Å². The van der Waals surface area contributed by atoms with Crippen LogP contribution < -0.4 is 14.8 Å². The van der Waals surface area contributed by atoms with E-state index in [-0.39, 0.29) is 5.91 Å². The van der Waals surface area contributed by atoms with E-state index in [9.17, 15) is 4.79 Å². The first kappa shape index (κ1) is 21.8. The van der Waals surface area contributed by atoms with Crippen molar-refractivity contribution in [2.75, 3.05) is 26.1 Å². The molecule has 172 valence electrons. The molecule has 2 aliphatic rings. The van der Waals surface area contributed by atoms with Gasteiger partial charge in [-0.15, -0.1) is 5.10 Å². The van der Waals surface area contributed by atoms with Crippen LogP contribution in [0.5, 0.6) is 11.5 Å². The van der Waals surface area contributed by atoms with Crippen LogP contribution in [-0.2, 0) is 10.2 Å². The van der Waals surface area contributed by atoms with Crippen molar-refractivity contribution in [2.45, 2.75) is 25.2 Å². The molecule has 0 bridgehead atoms. The zero-order chi connectivity index (χ0) is 23.7. The number of hydrogen-bond donors (Lipinski definition) is 1. The number of benzene rings is 3. The van der Waals surface area contributed by atoms with E-state index in [2.05, 4.69) is 39.8 Å². The number of aryl methyl sites for hydroxylation is 1. The topological polar surface area (TPSA) is 84.6 Å². The highest BCUT2D eigenvalue weighted by molar-refractivity contribution is 6.09. The summed E-state index contributed by atoms with van der Waals surface area (Å²) in [5.74, 6) is 1.32. The van der Waals surface area contributed by atoms with Gasteiger partial charge in [-0.25, -0.2) is 0 Å². The van der Waals surface area contributed by atoms with Gasteiger partial charge >= 0.3 is 0 Å². The van der Waals surface area contributed by atoms with E-state index in [0.29, 0.717) is 18.0 Å². The van der Waals surface area contributed by atoms with Gasteiger partial charge in [0.15, 0.2) is 11.5 Å². The maximum atomic E-state index is 13.3. The number of carbonyl (C=O) groups is 1. The van der Waals surface area contributed by atoms with Gasteiger partial charge in [0.25, 0.3) is 0 Å². The molecule has 3 aromatic rings. The molecule has 34 heavy (non-hydrogen) atoms. The summed E-state index contributed by atoms with van der Waals surface area (Å²) in [7, 11) is 3.22. The van der Waals surface area contributed by atoms with E-state index in [1.165, 1.54) is 0 Å². The summed E-state index contributed by atoms with van der Waals surface area (Å²) in [6.45, 7) is 2.44.